The molecule has 2 amide bonds. The molecule has 0 N–H and O–H groups in total. The predicted octanol–water partition coefficient (Wildman–Crippen LogP) is 2.66. The molecule has 0 aromatic carbocycles. The fourth-order valence-corrected chi connectivity index (χ4v) is 3.13. The first-order valence-electron chi connectivity index (χ1n) is 9.10. The third-order valence-electron chi connectivity index (χ3n) is 4.47. The highest BCUT2D eigenvalue weighted by Gasteiger charge is 2.42. The molecule has 1 saturated carbocycles. The maximum atomic E-state index is 12.8. The minimum Gasteiger partial charge on any atom is -0.444 e. The van der Waals surface area contributed by atoms with E-state index in [0.717, 1.165) is 32.4 Å². The van der Waals surface area contributed by atoms with Crippen LogP contribution >= 0.6 is 0 Å². The monoisotopic (exact) mass is 340 g/mol. The van der Waals surface area contributed by atoms with Crippen molar-refractivity contribution < 1.29 is 19.1 Å². The van der Waals surface area contributed by atoms with Crippen molar-refractivity contribution in [3.63, 3.8) is 0 Å². The molecule has 0 aromatic heterocycles. The van der Waals surface area contributed by atoms with Crippen LogP contribution in [0.5, 0.6) is 0 Å². The molecule has 24 heavy (non-hydrogen) atoms. The van der Waals surface area contributed by atoms with Crippen molar-refractivity contribution in [2.45, 2.75) is 71.6 Å². The summed E-state index contributed by atoms with van der Waals surface area (Å²) in [4.78, 5) is 28.9. The van der Waals surface area contributed by atoms with Gasteiger partial charge in [0.25, 0.3) is 0 Å². The molecular weight excluding hydrogens is 308 g/mol. The number of carbonyl (C=O) groups excluding carboxylic acids is 2. The summed E-state index contributed by atoms with van der Waals surface area (Å²) in [6, 6.07) is -0.334. The van der Waals surface area contributed by atoms with Crippen molar-refractivity contribution in [1.82, 2.24) is 9.80 Å². The molecule has 1 aliphatic heterocycles. The lowest BCUT2D eigenvalue weighted by atomic mass is 10.1. The highest BCUT2D eigenvalue weighted by atomic mass is 16.6. The minimum atomic E-state index is -0.552. The van der Waals surface area contributed by atoms with Gasteiger partial charge in [-0.25, -0.2) is 4.79 Å². The van der Waals surface area contributed by atoms with Gasteiger partial charge in [0.1, 0.15) is 11.6 Å². The number of rotatable bonds is 6. The van der Waals surface area contributed by atoms with E-state index in [-0.39, 0.29) is 18.0 Å². The Morgan fingerprint density at radius 2 is 1.92 bits per heavy atom. The summed E-state index contributed by atoms with van der Waals surface area (Å²) in [6.07, 6.45) is 2.48. The van der Waals surface area contributed by atoms with Gasteiger partial charge >= 0.3 is 6.09 Å². The Labute approximate surface area is 145 Å². The largest absolute Gasteiger partial charge is 0.444 e. The topological polar surface area (TPSA) is 59.1 Å². The van der Waals surface area contributed by atoms with E-state index in [2.05, 4.69) is 0 Å². The molecule has 1 heterocycles. The van der Waals surface area contributed by atoms with Gasteiger partial charge in [-0.1, -0.05) is 0 Å². The van der Waals surface area contributed by atoms with Gasteiger partial charge in [-0.15, -0.1) is 0 Å². The zero-order valence-electron chi connectivity index (χ0n) is 15.7. The summed E-state index contributed by atoms with van der Waals surface area (Å²) in [5, 5.41) is 0. The smallest absolute Gasteiger partial charge is 0.411 e. The molecule has 1 saturated heterocycles. The van der Waals surface area contributed by atoms with Gasteiger partial charge in [-0.05, 0) is 53.9 Å². The number of hydrogen-bond acceptors (Lipinski definition) is 4. The highest BCUT2D eigenvalue weighted by Crippen LogP contribution is 2.31. The zero-order chi connectivity index (χ0) is 17.9. The van der Waals surface area contributed by atoms with Crippen LogP contribution in [0.1, 0.15) is 53.9 Å². The van der Waals surface area contributed by atoms with Crippen LogP contribution in [0.3, 0.4) is 0 Å². The molecule has 0 bridgehead atoms. The van der Waals surface area contributed by atoms with E-state index in [0.29, 0.717) is 19.1 Å². The first-order chi connectivity index (χ1) is 11.2. The summed E-state index contributed by atoms with van der Waals surface area (Å²) in [5.41, 5.74) is -0.552. The lowest BCUT2D eigenvalue weighted by Gasteiger charge is -2.33. The van der Waals surface area contributed by atoms with E-state index in [1.165, 1.54) is 0 Å². The number of likely N-dealkylation sites (tertiary alicyclic amines) is 1. The van der Waals surface area contributed by atoms with Crippen LogP contribution in [0.4, 0.5) is 4.79 Å². The highest BCUT2D eigenvalue weighted by molar-refractivity contribution is 5.86. The quantitative estimate of drug-likeness (QED) is 0.746. The molecule has 0 aromatic rings. The van der Waals surface area contributed by atoms with E-state index < -0.39 is 11.6 Å². The Balaban J connectivity index is 1.96. The lowest BCUT2D eigenvalue weighted by molar-refractivity contribution is -0.135. The molecule has 138 valence electrons. The van der Waals surface area contributed by atoms with E-state index in [4.69, 9.17) is 9.47 Å². The molecule has 0 spiro atoms. The van der Waals surface area contributed by atoms with Crippen LogP contribution in [0.2, 0.25) is 0 Å². The van der Waals surface area contributed by atoms with Crippen molar-refractivity contribution in [3.05, 3.63) is 0 Å². The van der Waals surface area contributed by atoms with Gasteiger partial charge in [-0.3, -0.25) is 9.69 Å². The summed E-state index contributed by atoms with van der Waals surface area (Å²) < 4.78 is 11.0. The second kappa shape index (κ2) is 7.72. The Morgan fingerprint density at radius 1 is 1.25 bits per heavy atom. The van der Waals surface area contributed by atoms with Gasteiger partial charge < -0.3 is 14.4 Å². The van der Waals surface area contributed by atoms with Gasteiger partial charge in [0.15, 0.2) is 0 Å². The molecular formula is C18H32N2O4. The number of amides is 2. The zero-order valence-corrected chi connectivity index (χ0v) is 15.7. The molecule has 2 fully saturated rings. The van der Waals surface area contributed by atoms with Crippen LogP contribution in [-0.2, 0) is 14.3 Å². The number of ether oxygens (including phenoxy) is 2. The van der Waals surface area contributed by atoms with E-state index >= 15 is 0 Å². The SMILES string of the molecule is CCOC[C@H]1CCN(C(=O)[C@H](C)N(C(=O)OC(C)(C)C)C2CC2)C1. The second-order valence-corrected chi connectivity index (χ2v) is 7.89. The molecule has 2 rings (SSSR count). The van der Waals surface area contributed by atoms with Crippen molar-refractivity contribution in [3.8, 4) is 0 Å². The van der Waals surface area contributed by atoms with Gasteiger partial charge in [0, 0.05) is 31.7 Å². The summed E-state index contributed by atoms with van der Waals surface area (Å²) >= 11 is 0. The van der Waals surface area contributed by atoms with Gasteiger partial charge in [0.2, 0.25) is 5.91 Å². The van der Waals surface area contributed by atoms with Crippen molar-refractivity contribution in [1.29, 1.82) is 0 Å². The van der Waals surface area contributed by atoms with E-state index in [1.54, 1.807) is 4.90 Å². The average molecular weight is 340 g/mol. The third kappa shape index (κ3) is 5.10. The Morgan fingerprint density at radius 3 is 2.46 bits per heavy atom. The Hall–Kier alpha value is -1.30. The predicted molar refractivity (Wildman–Crippen MR) is 91.7 cm³/mol. The fraction of sp³-hybridized carbons (Fsp3) is 0.889. The first kappa shape index (κ1) is 19.0. The summed E-state index contributed by atoms with van der Waals surface area (Å²) in [6.45, 7) is 12.2. The molecule has 6 nitrogen and oxygen atoms in total. The molecule has 0 radical (unpaired) electrons. The average Bonchev–Trinajstić information content (AvgIpc) is 3.19. The molecule has 6 heteroatoms. The van der Waals surface area contributed by atoms with Crippen LogP contribution in [0, 0.1) is 5.92 Å². The number of nitrogens with zero attached hydrogens (tertiary/aromatic N) is 2. The van der Waals surface area contributed by atoms with Crippen molar-refractivity contribution in [2.24, 2.45) is 5.92 Å². The normalized spacial score (nSPS) is 22.4. The Bertz CT molecular complexity index is 456. The van der Waals surface area contributed by atoms with Crippen LogP contribution in [0.15, 0.2) is 0 Å². The summed E-state index contributed by atoms with van der Waals surface area (Å²) in [7, 11) is 0. The maximum Gasteiger partial charge on any atom is 0.411 e. The molecule has 0 unspecified atom stereocenters. The van der Waals surface area contributed by atoms with E-state index in [9.17, 15) is 9.59 Å². The van der Waals surface area contributed by atoms with E-state index in [1.807, 2.05) is 39.5 Å². The van der Waals surface area contributed by atoms with Gasteiger partial charge in [-0.2, -0.15) is 0 Å². The minimum absolute atomic E-state index is 0.0201. The number of carbonyl (C=O) groups is 2. The van der Waals surface area contributed by atoms with Crippen LogP contribution < -0.4 is 0 Å². The second-order valence-electron chi connectivity index (χ2n) is 7.89. The first-order valence-corrected chi connectivity index (χ1v) is 9.10. The van der Waals surface area contributed by atoms with Gasteiger partial charge in [0.05, 0.1) is 6.61 Å². The van der Waals surface area contributed by atoms with Crippen molar-refractivity contribution in [2.75, 3.05) is 26.3 Å². The summed E-state index contributed by atoms with van der Waals surface area (Å²) in [5.74, 6) is 0.420. The molecule has 2 aliphatic rings. The lowest BCUT2D eigenvalue weighted by Crippen LogP contribution is -2.51. The standard InChI is InChI=1S/C18H32N2O4/c1-6-23-12-14-9-10-19(11-14)16(21)13(2)20(15-7-8-15)17(22)24-18(3,4)5/h13-15H,6-12H2,1-5H3/t13-,14-/m0/s1. The number of hydrogen-bond donors (Lipinski definition) is 0. The Kier molecular flexibility index (Phi) is 6.12. The van der Waals surface area contributed by atoms with Crippen molar-refractivity contribution >= 4 is 12.0 Å². The molecule has 1 aliphatic carbocycles. The van der Waals surface area contributed by atoms with Crippen LogP contribution in [0.25, 0.3) is 0 Å². The maximum absolute atomic E-state index is 12.8. The van der Waals surface area contributed by atoms with Crippen LogP contribution in [-0.4, -0.2) is 65.8 Å². The third-order valence-corrected chi connectivity index (χ3v) is 4.47. The fourth-order valence-electron chi connectivity index (χ4n) is 3.13. The molecule has 2 atom stereocenters.